The zero-order valence-electron chi connectivity index (χ0n) is 14.7. The van der Waals surface area contributed by atoms with Crippen molar-refractivity contribution in [3.05, 3.63) is 47.8 Å². The zero-order chi connectivity index (χ0) is 20.1. The number of nitrogens with zero attached hydrogens (tertiary/aromatic N) is 4. The fraction of sp³-hybridized carbons (Fsp3) is 0.500. The zero-order valence-corrected chi connectivity index (χ0v) is 14.7. The van der Waals surface area contributed by atoms with Crippen LogP contribution in [0.5, 0.6) is 0 Å². The van der Waals surface area contributed by atoms with Gasteiger partial charge in [0.25, 0.3) is 5.91 Å². The highest BCUT2D eigenvalue weighted by Crippen LogP contribution is 2.42. The third-order valence-corrected chi connectivity index (χ3v) is 5.69. The number of carbonyl (C=O) groups excluding carboxylic acids is 1. The number of aliphatic hydroxyl groups is 1. The van der Waals surface area contributed by atoms with E-state index in [1.807, 2.05) is 0 Å². The number of hydrogen-bond acceptors (Lipinski definition) is 4. The first-order chi connectivity index (χ1) is 13.2. The van der Waals surface area contributed by atoms with E-state index in [2.05, 4.69) is 10.1 Å². The number of aliphatic hydroxyl groups excluding tert-OH is 1. The van der Waals surface area contributed by atoms with Crippen molar-refractivity contribution in [2.75, 3.05) is 13.1 Å². The highest BCUT2D eigenvalue weighted by atomic mass is 19.4. The molecule has 1 aliphatic carbocycles. The predicted molar refractivity (Wildman–Crippen MR) is 88.6 cm³/mol. The van der Waals surface area contributed by atoms with E-state index >= 15 is 0 Å². The third kappa shape index (κ3) is 3.36. The first-order valence-corrected chi connectivity index (χ1v) is 8.92. The Kier molecular flexibility index (Phi) is 4.60. The van der Waals surface area contributed by atoms with Crippen LogP contribution in [-0.2, 0) is 6.18 Å². The van der Waals surface area contributed by atoms with Gasteiger partial charge in [-0.2, -0.15) is 18.3 Å². The molecule has 0 bridgehead atoms. The molecule has 2 fully saturated rings. The summed E-state index contributed by atoms with van der Waals surface area (Å²) >= 11 is 0. The quantitative estimate of drug-likeness (QED) is 0.790. The van der Waals surface area contributed by atoms with E-state index in [0.717, 1.165) is 12.1 Å². The Morgan fingerprint density at radius 1 is 1.18 bits per heavy atom. The predicted octanol–water partition coefficient (Wildman–Crippen LogP) is 2.52. The summed E-state index contributed by atoms with van der Waals surface area (Å²) in [6.45, 7) is 0.551. The van der Waals surface area contributed by atoms with Crippen molar-refractivity contribution in [2.24, 2.45) is 11.8 Å². The molecule has 1 aliphatic heterocycles. The van der Waals surface area contributed by atoms with Crippen LogP contribution in [-0.4, -0.2) is 49.9 Å². The number of aromatic nitrogens is 3. The summed E-state index contributed by atoms with van der Waals surface area (Å²) < 4.78 is 54.6. The van der Waals surface area contributed by atoms with Gasteiger partial charge in [0.2, 0.25) is 0 Å². The Hall–Kier alpha value is -2.49. The molecule has 2 aliphatic rings. The molecule has 1 N–H and O–H groups in total. The number of rotatable bonds is 2. The fourth-order valence-electron chi connectivity index (χ4n) is 4.35. The van der Waals surface area contributed by atoms with Crippen LogP contribution in [0, 0.1) is 17.7 Å². The van der Waals surface area contributed by atoms with Crippen LogP contribution in [0.25, 0.3) is 0 Å². The van der Waals surface area contributed by atoms with E-state index in [1.54, 1.807) is 4.68 Å². The standard InChI is InChI=1S/C18H18F4N4O2/c19-12-1-2-13(14(5-12)18(20,21)22)17(28)25-6-10-3-15(26-9-23-8-24-26)16(27)4-11(10)7-25/h1-2,5,8-11,15-16,27H,3-4,6-7H2/t10-,11+,15-,16-/m1/s1. The summed E-state index contributed by atoms with van der Waals surface area (Å²) in [4.78, 5) is 18.0. The smallest absolute Gasteiger partial charge is 0.391 e. The van der Waals surface area contributed by atoms with Gasteiger partial charge in [0, 0.05) is 13.1 Å². The second-order valence-corrected chi connectivity index (χ2v) is 7.40. The number of halogens is 4. The highest BCUT2D eigenvalue weighted by Gasteiger charge is 2.45. The maximum atomic E-state index is 13.3. The third-order valence-electron chi connectivity index (χ3n) is 5.69. The van der Waals surface area contributed by atoms with Crippen LogP contribution in [0.15, 0.2) is 30.9 Å². The van der Waals surface area contributed by atoms with E-state index in [-0.39, 0.29) is 31.0 Å². The summed E-state index contributed by atoms with van der Waals surface area (Å²) in [6.07, 6.45) is -1.64. The number of likely N-dealkylation sites (tertiary alicyclic amines) is 1. The van der Waals surface area contributed by atoms with Crippen LogP contribution < -0.4 is 0 Å². The minimum absolute atomic E-state index is 0.00601. The summed E-state index contributed by atoms with van der Waals surface area (Å²) in [7, 11) is 0. The van der Waals surface area contributed by atoms with Gasteiger partial charge >= 0.3 is 6.18 Å². The number of amides is 1. The molecule has 0 radical (unpaired) electrons. The van der Waals surface area contributed by atoms with Gasteiger partial charge in [-0.05, 0) is 42.9 Å². The van der Waals surface area contributed by atoms with Crippen molar-refractivity contribution < 1.29 is 27.5 Å². The molecule has 4 rings (SSSR count). The van der Waals surface area contributed by atoms with Gasteiger partial charge in [0.05, 0.1) is 23.3 Å². The number of fused-ring (bicyclic) bond motifs is 1. The average molecular weight is 398 g/mol. The SMILES string of the molecule is O=C(c1ccc(F)cc1C(F)(F)F)N1C[C@H]2C[C@@H](n3cncn3)[C@H](O)C[C@H]2C1. The Morgan fingerprint density at radius 2 is 1.89 bits per heavy atom. The molecular formula is C18H18F4N4O2. The van der Waals surface area contributed by atoms with E-state index in [0.29, 0.717) is 18.9 Å². The number of hydrogen-bond donors (Lipinski definition) is 1. The van der Waals surface area contributed by atoms with E-state index in [4.69, 9.17) is 0 Å². The van der Waals surface area contributed by atoms with Crippen molar-refractivity contribution in [1.29, 1.82) is 0 Å². The van der Waals surface area contributed by atoms with Crippen LogP contribution >= 0.6 is 0 Å². The van der Waals surface area contributed by atoms with E-state index in [9.17, 15) is 27.5 Å². The largest absolute Gasteiger partial charge is 0.417 e. The molecule has 1 aromatic heterocycles. The summed E-state index contributed by atoms with van der Waals surface area (Å²) in [5.41, 5.74) is -1.83. The van der Waals surface area contributed by atoms with Crippen LogP contribution in [0.3, 0.4) is 0 Å². The lowest BCUT2D eigenvalue weighted by Crippen LogP contribution is -2.36. The molecular weight excluding hydrogens is 380 g/mol. The lowest BCUT2D eigenvalue weighted by atomic mass is 9.77. The lowest BCUT2D eigenvalue weighted by molar-refractivity contribution is -0.138. The topological polar surface area (TPSA) is 71.2 Å². The molecule has 4 atom stereocenters. The fourth-order valence-corrected chi connectivity index (χ4v) is 4.35. The molecule has 2 aromatic rings. The Bertz CT molecular complexity index is 871. The van der Waals surface area contributed by atoms with Crippen molar-refractivity contribution in [3.63, 3.8) is 0 Å². The molecule has 6 nitrogen and oxygen atoms in total. The molecule has 10 heteroatoms. The second kappa shape index (κ2) is 6.84. The minimum atomic E-state index is -4.83. The maximum absolute atomic E-state index is 13.3. The lowest BCUT2D eigenvalue weighted by Gasteiger charge is -2.34. The van der Waals surface area contributed by atoms with Gasteiger partial charge in [-0.3, -0.25) is 4.79 Å². The first-order valence-electron chi connectivity index (χ1n) is 8.92. The van der Waals surface area contributed by atoms with Crippen molar-refractivity contribution in [2.45, 2.75) is 31.2 Å². The van der Waals surface area contributed by atoms with Gasteiger partial charge in [-0.25, -0.2) is 14.1 Å². The van der Waals surface area contributed by atoms with Gasteiger partial charge in [-0.15, -0.1) is 0 Å². The molecule has 28 heavy (non-hydrogen) atoms. The maximum Gasteiger partial charge on any atom is 0.417 e. The molecule has 150 valence electrons. The van der Waals surface area contributed by atoms with Gasteiger partial charge in [0.15, 0.2) is 0 Å². The van der Waals surface area contributed by atoms with Crippen LogP contribution in [0.4, 0.5) is 17.6 Å². The Balaban J connectivity index is 1.54. The number of carbonyl (C=O) groups is 1. The highest BCUT2D eigenvalue weighted by molar-refractivity contribution is 5.96. The van der Waals surface area contributed by atoms with Crippen LogP contribution in [0.2, 0.25) is 0 Å². The summed E-state index contributed by atoms with van der Waals surface area (Å²) in [5.74, 6) is -1.78. The summed E-state index contributed by atoms with van der Waals surface area (Å²) in [5, 5.41) is 14.5. The molecule has 1 amide bonds. The van der Waals surface area contributed by atoms with Crippen molar-refractivity contribution in [1.82, 2.24) is 19.7 Å². The van der Waals surface area contributed by atoms with Crippen molar-refractivity contribution >= 4 is 5.91 Å². The average Bonchev–Trinajstić information content (AvgIpc) is 3.28. The Labute approximate surface area is 157 Å². The number of benzene rings is 1. The van der Waals surface area contributed by atoms with E-state index < -0.39 is 35.1 Å². The number of alkyl halides is 3. The molecule has 0 spiro atoms. The first kappa shape index (κ1) is 18.9. The molecule has 1 saturated heterocycles. The van der Waals surface area contributed by atoms with E-state index in [1.165, 1.54) is 17.6 Å². The molecule has 0 unspecified atom stereocenters. The molecule has 2 heterocycles. The monoisotopic (exact) mass is 398 g/mol. The molecule has 1 saturated carbocycles. The van der Waals surface area contributed by atoms with Gasteiger partial charge in [0.1, 0.15) is 18.5 Å². The normalized spacial score (nSPS) is 27.7. The minimum Gasteiger partial charge on any atom is -0.391 e. The van der Waals surface area contributed by atoms with Crippen molar-refractivity contribution in [3.8, 4) is 0 Å². The summed E-state index contributed by atoms with van der Waals surface area (Å²) in [6, 6.07) is 1.81. The Morgan fingerprint density at radius 3 is 2.54 bits per heavy atom. The molecule has 1 aromatic carbocycles. The van der Waals surface area contributed by atoms with Crippen LogP contribution in [0.1, 0.15) is 34.8 Å². The van der Waals surface area contributed by atoms with Gasteiger partial charge in [-0.1, -0.05) is 0 Å². The van der Waals surface area contributed by atoms with Gasteiger partial charge < -0.3 is 10.0 Å². The second-order valence-electron chi connectivity index (χ2n) is 7.40.